The second kappa shape index (κ2) is 4.30. The lowest BCUT2D eigenvalue weighted by Gasteiger charge is -2.14. The average molecular weight is 217 g/mol. The molecule has 2 rings (SSSR count). The second-order valence-corrected chi connectivity index (χ2v) is 4.48. The zero-order valence-corrected chi connectivity index (χ0v) is 10.2. The maximum atomic E-state index is 5.90. The fourth-order valence-corrected chi connectivity index (χ4v) is 2.28. The van der Waals surface area contributed by atoms with Crippen molar-refractivity contribution in [3.05, 3.63) is 34.9 Å². The maximum Gasteiger partial charge on any atom is 0.129 e. The molecule has 0 aliphatic heterocycles. The SMILES string of the molecule is COc1c(C2=CC(N)CC2)ccc(C)c1C. The molecule has 0 aromatic heterocycles. The molecule has 1 aromatic rings. The summed E-state index contributed by atoms with van der Waals surface area (Å²) in [6.07, 6.45) is 4.26. The van der Waals surface area contributed by atoms with Crippen LogP contribution in [-0.2, 0) is 0 Å². The minimum absolute atomic E-state index is 0.210. The van der Waals surface area contributed by atoms with Crippen molar-refractivity contribution in [2.75, 3.05) is 7.11 Å². The normalized spacial score (nSPS) is 19.8. The smallest absolute Gasteiger partial charge is 0.129 e. The van der Waals surface area contributed by atoms with Gasteiger partial charge in [0, 0.05) is 11.6 Å². The summed E-state index contributed by atoms with van der Waals surface area (Å²) in [5, 5.41) is 0. The Morgan fingerprint density at radius 3 is 2.62 bits per heavy atom. The summed E-state index contributed by atoms with van der Waals surface area (Å²) in [5.74, 6) is 1.00. The molecule has 2 nitrogen and oxygen atoms in total. The summed E-state index contributed by atoms with van der Waals surface area (Å²) < 4.78 is 5.52. The quantitative estimate of drug-likeness (QED) is 0.826. The van der Waals surface area contributed by atoms with Gasteiger partial charge in [0.05, 0.1) is 7.11 Å². The predicted molar refractivity (Wildman–Crippen MR) is 67.7 cm³/mol. The van der Waals surface area contributed by atoms with Gasteiger partial charge in [0.1, 0.15) is 5.75 Å². The van der Waals surface area contributed by atoms with Gasteiger partial charge in [0.25, 0.3) is 0 Å². The summed E-state index contributed by atoms with van der Waals surface area (Å²) in [7, 11) is 1.74. The third-order valence-electron chi connectivity index (χ3n) is 3.39. The van der Waals surface area contributed by atoms with E-state index < -0.39 is 0 Å². The number of aryl methyl sites for hydroxylation is 1. The van der Waals surface area contributed by atoms with Crippen LogP contribution in [0.25, 0.3) is 5.57 Å². The van der Waals surface area contributed by atoms with E-state index in [4.69, 9.17) is 10.5 Å². The summed E-state index contributed by atoms with van der Waals surface area (Å²) in [5.41, 5.74) is 10.9. The standard InChI is InChI=1S/C14H19NO/c1-9-4-7-13(14(16-3)10(9)2)11-5-6-12(15)8-11/h4,7-8,12H,5-6,15H2,1-3H3. The van der Waals surface area contributed by atoms with Crippen molar-refractivity contribution in [1.82, 2.24) is 0 Å². The molecule has 0 heterocycles. The fourth-order valence-electron chi connectivity index (χ4n) is 2.28. The highest BCUT2D eigenvalue weighted by Crippen LogP contribution is 2.36. The third kappa shape index (κ3) is 1.85. The number of ether oxygens (including phenoxy) is 1. The first-order valence-electron chi connectivity index (χ1n) is 5.74. The molecule has 0 saturated carbocycles. The molecule has 1 aromatic carbocycles. The van der Waals surface area contributed by atoms with Crippen molar-refractivity contribution in [3.63, 3.8) is 0 Å². The first kappa shape index (κ1) is 11.2. The Morgan fingerprint density at radius 1 is 1.31 bits per heavy atom. The molecule has 0 saturated heterocycles. The molecule has 2 heteroatoms. The van der Waals surface area contributed by atoms with E-state index >= 15 is 0 Å². The highest BCUT2D eigenvalue weighted by Gasteiger charge is 2.18. The van der Waals surface area contributed by atoms with Crippen molar-refractivity contribution < 1.29 is 4.74 Å². The summed E-state index contributed by atoms with van der Waals surface area (Å²) in [4.78, 5) is 0. The van der Waals surface area contributed by atoms with Crippen LogP contribution in [-0.4, -0.2) is 13.2 Å². The number of nitrogens with two attached hydrogens (primary N) is 1. The molecule has 1 atom stereocenters. The van der Waals surface area contributed by atoms with Crippen molar-refractivity contribution in [3.8, 4) is 5.75 Å². The van der Waals surface area contributed by atoms with Crippen LogP contribution in [0.1, 0.15) is 29.5 Å². The Labute approximate surface area is 97.1 Å². The Kier molecular flexibility index (Phi) is 3.01. The minimum Gasteiger partial charge on any atom is -0.496 e. The summed E-state index contributed by atoms with van der Waals surface area (Å²) in [6.45, 7) is 4.21. The Bertz CT molecular complexity index is 435. The lowest BCUT2D eigenvalue weighted by molar-refractivity contribution is 0.410. The van der Waals surface area contributed by atoms with Crippen LogP contribution in [0.5, 0.6) is 5.75 Å². The number of hydrogen-bond donors (Lipinski definition) is 1. The zero-order chi connectivity index (χ0) is 11.7. The highest BCUT2D eigenvalue weighted by atomic mass is 16.5. The molecule has 0 fully saturated rings. The number of rotatable bonds is 2. The van der Waals surface area contributed by atoms with Crippen LogP contribution >= 0.6 is 0 Å². The van der Waals surface area contributed by atoms with Gasteiger partial charge in [0.2, 0.25) is 0 Å². The van der Waals surface area contributed by atoms with E-state index in [1.807, 2.05) is 0 Å². The third-order valence-corrected chi connectivity index (χ3v) is 3.39. The highest BCUT2D eigenvalue weighted by molar-refractivity contribution is 5.74. The van der Waals surface area contributed by atoms with Crippen LogP contribution in [0.15, 0.2) is 18.2 Å². The van der Waals surface area contributed by atoms with Gasteiger partial charge in [-0.15, -0.1) is 0 Å². The van der Waals surface area contributed by atoms with Crippen LogP contribution < -0.4 is 10.5 Å². The molecule has 0 spiro atoms. The molecule has 1 aliphatic carbocycles. The topological polar surface area (TPSA) is 35.2 Å². The van der Waals surface area contributed by atoms with E-state index in [1.54, 1.807) is 7.11 Å². The van der Waals surface area contributed by atoms with E-state index in [9.17, 15) is 0 Å². The van der Waals surface area contributed by atoms with Crippen LogP contribution in [0.2, 0.25) is 0 Å². The molecule has 0 bridgehead atoms. The predicted octanol–water partition coefficient (Wildman–Crippen LogP) is 2.82. The molecule has 1 aliphatic rings. The largest absolute Gasteiger partial charge is 0.496 e. The second-order valence-electron chi connectivity index (χ2n) is 4.48. The monoisotopic (exact) mass is 217 g/mol. The van der Waals surface area contributed by atoms with E-state index in [0.29, 0.717) is 0 Å². The molecule has 86 valence electrons. The van der Waals surface area contributed by atoms with Gasteiger partial charge >= 0.3 is 0 Å². The van der Waals surface area contributed by atoms with E-state index in [2.05, 4.69) is 32.1 Å². The number of hydrogen-bond acceptors (Lipinski definition) is 2. The lowest BCUT2D eigenvalue weighted by atomic mass is 9.98. The Balaban J connectivity index is 2.49. The Hall–Kier alpha value is -1.28. The molecule has 1 unspecified atom stereocenters. The lowest BCUT2D eigenvalue weighted by Crippen LogP contribution is -2.11. The number of benzene rings is 1. The van der Waals surface area contributed by atoms with Crippen molar-refractivity contribution in [2.45, 2.75) is 32.7 Å². The zero-order valence-electron chi connectivity index (χ0n) is 10.2. The first-order valence-corrected chi connectivity index (χ1v) is 5.74. The van der Waals surface area contributed by atoms with Crippen molar-refractivity contribution >= 4 is 5.57 Å². The van der Waals surface area contributed by atoms with E-state index in [1.165, 1.54) is 22.3 Å². The molecular weight excluding hydrogens is 198 g/mol. The van der Waals surface area contributed by atoms with Crippen molar-refractivity contribution in [1.29, 1.82) is 0 Å². The molecule has 16 heavy (non-hydrogen) atoms. The van der Waals surface area contributed by atoms with Crippen LogP contribution in [0.4, 0.5) is 0 Å². The molecule has 0 radical (unpaired) electrons. The molecule has 2 N–H and O–H groups in total. The van der Waals surface area contributed by atoms with Gasteiger partial charge in [0.15, 0.2) is 0 Å². The Morgan fingerprint density at radius 2 is 2.06 bits per heavy atom. The van der Waals surface area contributed by atoms with Gasteiger partial charge in [-0.2, -0.15) is 0 Å². The van der Waals surface area contributed by atoms with Crippen molar-refractivity contribution in [2.24, 2.45) is 5.73 Å². The maximum absolute atomic E-state index is 5.90. The van der Waals surface area contributed by atoms with Gasteiger partial charge < -0.3 is 10.5 Å². The number of allylic oxidation sites excluding steroid dienone is 1. The minimum atomic E-state index is 0.210. The van der Waals surface area contributed by atoms with Crippen LogP contribution in [0, 0.1) is 13.8 Å². The van der Waals surface area contributed by atoms with E-state index in [-0.39, 0.29) is 6.04 Å². The first-order chi connectivity index (χ1) is 7.63. The fraction of sp³-hybridized carbons (Fsp3) is 0.429. The van der Waals surface area contributed by atoms with E-state index in [0.717, 1.165) is 18.6 Å². The van der Waals surface area contributed by atoms with Gasteiger partial charge in [-0.1, -0.05) is 18.2 Å². The van der Waals surface area contributed by atoms with Crippen LogP contribution in [0.3, 0.4) is 0 Å². The summed E-state index contributed by atoms with van der Waals surface area (Å²) in [6, 6.07) is 4.50. The van der Waals surface area contributed by atoms with Gasteiger partial charge in [-0.05, 0) is 43.4 Å². The molecule has 0 amide bonds. The number of methoxy groups -OCH3 is 1. The van der Waals surface area contributed by atoms with Gasteiger partial charge in [-0.25, -0.2) is 0 Å². The summed E-state index contributed by atoms with van der Waals surface area (Å²) >= 11 is 0. The average Bonchev–Trinajstić information content (AvgIpc) is 2.68. The van der Waals surface area contributed by atoms with Gasteiger partial charge in [-0.3, -0.25) is 0 Å². The molecular formula is C14H19NO.